The van der Waals surface area contributed by atoms with Crippen molar-refractivity contribution in [2.75, 3.05) is 5.75 Å². The summed E-state index contributed by atoms with van der Waals surface area (Å²) in [5, 5.41) is 0. The van der Waals surface area contributed by atoms with E-state index in [1.165, 1.54) is 4.91 Å². The van der Waals surface area contributed by atoms with Gasteiger partial charge in [0.05, 0.1) is 0 Å². The lowest BCUT2D eigenvalue weighted by Crippen LogP contribution is -2.03. The molecule has 0 amide bonds. The van der Waals surface area contributed by atoms with Gasteiger partial charge in [0.15, 0.2) is 5.78 Å². The number of carbonyl (C=O) groups is 1. The molecule has 0 aromatic rings. The van der Waals surface area contributed by atoms with Crippen LogP contribution in [0.3, 0.4) is 0 Å². The molecule has 1 aliphatic heterocycles. The Balaban J connectivity index is 2.39. The molecule has 0 unspecified atom stereocenters. The smallest absolute Gasteiger partial charge is 0.163 e. The molecular formula is C8H8OS. The second-order valence-corrected chi connectivity index (χ2v) is 3.61. The molecule has 1 nitrogen and oxygen atoms in total. The minimum absolute atomic E-state index is 0.336. The lowest BCUT2D eigenvalue weighted by molar-refractivity contribution is -0.115. The van der Waals surface area contributed by atoms with Crippen molar-refractivity contribution in [2.45, 2.75) is 12.8 Å². The van der Waals surface area contributed by atoms with Gasteiger partial charge in [-0.3, -0.25) is 4.79 Å². The molecule has 0 aromatic heterocycles. The van der Waals surface area contributed by atoms with Gasteiger partial charge in [0, 0.05) is 22.7 Å². The first-order valence-electron chi connectivity index (χ1n) is 3.43. The number of thioether (sulfide) groups is 1. The minimum Gasteiger partial charge on any atom is -0.294 e. The Morgan fingerprint density at radius 2 is 2.40 bits per heavy atom. The molecule has 0 bridgehead atoms. The number of rotatable bonds is 0. The normalized spacial score (nSPS) is 23.8. The molecule has 52 valence electrons. The summed E-state index contributed by atoms with van der Waals surface area (Å²) < 4.78 is 0. The predicted molar refractivity (Wildman–Crippen MR) is 42.9 cm³/mol. The van der Waals surface area contributed by atoms with E-state index in [9.17, 15) is 4.79 Å². The summed E-state index contributed by atoms with van der Waals surface area (Å²) in [7, 11) is 0. The molecule has 1 heterocycles. The Morgan fingerprint density at radius 3 is 3.20 bits per heavy atom. The van der Waals surface area contributed by atoms with Gasteiger partial charge in [0.1, 0.15) is 0 Å². The zero-order chi connectivity index (χ0) is 6.97. The Labute approximate surface area is 64.2 Å². The van der Waals surface area contributed by atoms with Crippen LogP contribution >= 0.6 is 11.8 Å². The van der Waals surface area contributed by atoms with Gasteiger partial charge in [-0.25, -0.2) is 0 Å². The molecule has 0 spiro atoms. The zero-order valence-corrected chi connectivity index (χ0v) is 6.41. The van der Waals surface area contributed by atoms with Crippen molar-refractivity contribution in [3.8, 4) is 0 Å². The SMILES string of the molecule is O=C1CC=CC2=C1CCS2. The number of ketones is 1. The molecule has 1 aliphatic carbocycles. The van der Waals surface area contributed by atoms with Gasteiger partial charge in [0.2, 0.25) is 0 Å². The van der Waals surface area contributed by atoms with Crippen LogP contribution in [0.15, 0.2) is 22.6 Å². The van der Waals surface area contributed by atoms with Gasteiger partial charge in [-0.2, -0.15) is 0 Å². The number of carbonyl (C=O) groups excluding carboxylic acids is 1. The highest BCUT2D eigenvalue weighted by atomic mass is 32.2. The van der Waals surface area contributed by atoms with Crippen LogP contribution in [0, 0.1) is 0 Å². The van der Waals surface area contributed by atoms with Crippen molar-refractivity contribution in [3.05, 3.63) is 22.6 Å². The molecule has 2 heteroatoms. The highest BCUT2D eigenvalue weighted by Crippen LogP contribution is 2.35. The predicted octanol–water partition coefficient (Wildman–Crippen LogP) is 1.91. The van der Waals surface area contributed by atoms with Gasteiger partial charge in [-0.1, -0.05) is 12.2 Å². The quantitative estimate of drug-likeness (QED) is 0.527. The first-order chi connectivity index (χ1) is 4.88. The molecule has 0 atom stereocenters. The Hall–Kier alpha value is -0.500. The molecule has 10 heavy (non-hydrogen) atoms. The average molecular weight is 152 g/mol. The van der Waals surface area contributed by atoms with E-state index in [0.29, 0.717) is 12.2 Å². The van der Waals surface area contributed by atoms with E-state index in [1.54, 1.807) is 11.8 Å². The highest BCUT2D eigenvalue weighted by molar-refractivity contribution is 8.03. The van der Waals surface area contributed by atoms with Crippen molar-refractivity contribution in [3.63, 3.8) is 0 Å². The van der Waals surface area contributed by atoms with E-state index in [0.717, 1.165) is 17.7 Å². The van der Waals surface area contributed by atoms with E-state index in [4.69, 9.17) is 0 Å². The maximum Gasteiger partial charge on any atom is 0.163 e. The van der Waals surface area contributed by atoms with Crippen LogP contribution in [-0.4, -0.2) is 11.5 Å². The first-order valence-corrected chi connectivity index (χ1v) is 4.42. The van der Waals surface area contributed by atoms with Crippen molar-refractivity contribution in [1.29, 1.82) is 0 Å². The summed E-state index contributed by atoms with van der Waals surface area (Å²) in [5.74, 6) is 1.43. The molecule has 0 radical (unpaired) electrons. The third-order valence-electron chi connectivity index (χ3n) is 1.82. The standard InChI is InChI=1S/C8H8OS/c9-7-2-1-3-8-6(7)4-5-10-8/h1,3H,2,4-5H2. The van der Waals surface area contributed by atoms with E-state index < -0.39 is 0 Å². The summed E-state index contributed by atoms with van der Waals surface area (Å²) in [4.78, 5) is 12.4. The average Bonchev–Trinajstić information content (AvgIpc) is 2.36. The van der Waals surface area contributed by atoms with Gasteiger partial charge in [0.25, 0.3) is 0 Å². The summed E-state index contributed by atoms with van der Waals surface area (Å²) in [6.07, 6.45) is 5.65. The largest absolute Gasteiger partial charge is 0.294 e. The van der Waals surface area contributed by atoms with Crippen molar-refractivity contribution < 1.29 is 4.79 Å². The van der Waals surface area contributed by atoms with Crippen LogP contribution in [0.4, 0.5) is 0 Å². The topological polar surface area (TPSA) is 17.1 Å². The Bertz CT molecular complexity index is 238. The number of allylic oxidation sites excluding steroid dienone is 3. The van der Waals surface area contributed by atoms with E-state index in [-0.39, 0.29) is 0 Å². The number of hydrogen-bond donors (Lipinski definition) is 0. The number of hydrogen-bond acceptors (Lipinski definition) is 2. The summed E-state index contributed by atoms with van der Waals surface area (Å²) in [5.41, 5.74) is 1.08. The third-order valence-corrected chi connectivity index (χ3v) is 2.92. The molecule has 0 N–H and O–H groups in total. The van der Waals surface area contributed by atoms with Gasteiger partial charge in [-0.15, -0.1) is 11.8 Å². The fourth-order valence-corrected chi connectivity index (χ4v) is 2.40. The molecule has 0 aromatic carbocycles. The van der Waals surface area contributed by atoms with E-state index >= 15 is 0 Å². The van der Waals surface area contributed by atoms with Crippen LogP contribution in [0.5, 0.6) is 0 Å². The molecule has 0 saturated heterocycles. The highest BCUT2D eigenvalue weighted by Gasteiger charge is 2.21. The minimum atomic E-state index is 0.336. The number of Topliss-reactive ketones (excluding diaryl/α,β-unsaturated/α-hetero) is 1. The zero-order valence-electron chi connectivity index (χ0n) is 5.59. The third kappa shape index (κ3) is 0.833. The maximum atomic E-state index is 11.2. The Morgan fingerprint density at radius 1 is 1.50 bits per heavy atom. The summed E-state index contributed by atoms with van der Waals surface area (Å²) in [6.45, 7) is 0. The monoisotopic (exact) mass is 152 g/mol. The summed E-state index contributed by atoms with van der Waals surface area (Å²) in [6, 6.07) is 0. The van der Waals surface area contributed by atoms with E-state index in [2.05, 4.69) is 6.08 Å². The molecule has 0 saturated carbocycles. The van der Waals surface area contributed by atoms with Gasteiger partial charge >= 0.3 is 0 Å². The molecule has 2 rings (SSSR count). The van der Waals surface area contributed by atoms with Crippen molar-refractivity contribution in [2.24, 2.45) is 0 Å². The Kier molecular flexibility index (Phi) is 1.42. The lowest BCUT2D eigenvalue weighted by atomic mass is 10.0. The second kappa shape index (κ2) is 2.27. The maximum absolute atomic E-state index is 11.2. The summed E-state index contributed by atoms with van der Waals surface area (Å²) >= 11 is 1.80. The van der Waals surface area contributed by atoms with Gasteiger partial charge in [-0.05, 0) is 6.42 Å². The van der Waals surface area contributed by atoms with Crippen molar-refractivity contribution >= 4 is 17.5 Å². The second-order valence-electron chi connectivity index (χ2n) is 2.47. The lowest BCUT2D eigenvalue weighted by Gasteiger charge is -2.04. The fraction of sp³-hybridized carbons (Fsp3) is 0.375. The molecule has 2 aliphatic rings. The molecule has 0 fully saturated rings. The van der Waals surface area contributed by atoms with Crippen LogP contribution in [0.1, 0.15) is 12.8 Å². The first kappa shape index (κ1) is 6.23. The van der Waals surface area contributed by atoms with Crippen molar-refractivity contribution in [1.82, 2.24) is 0 Å². The molecular weight excluding hydrogens is 144 g/mol. The van der Waals surface area contributed by atoms with Crippen LogP contribution in [-0.2, 0) is 4.79 Å². The van der Waals surface area contributed by atoms with Crippen LogP contribution in [0.25, 0.3) is 0 Å². The van der Waals surface area contributed by atoms with E-state index in [1.807, 2.05) is 6.08 Å². The van der Waals surface area contributed by atoms with Crippen LogP contribution in [0.2, 0.25) is 0 Å². The van der Waals surface area contributed by atoms with Crippen LogP contribution < -0.4 is 0 Å². The van der Waals surface area contributed by atoms with Gasteiger partial charge < -0.3 is 0 Å². The fourth-order valence-electron chi connectivity index (χ4n) is 1.30.